The summed E-state index contributed by atoms with van der Waals surface area (Å²) in [6, 6.07) is 3.74. The number of hydrogen-bond acceptors (Lipinski definition) is 4. The highest BCUT2D eigenvalue weighted by Crippen LogP contribution is 2.27. The number of furan rings is 1. The minimum absolute atomic E-state index is 0.637. The highest BCUT2D eigenvalue weighted by atomic mass is 127. The van der Waals surface area contributed by atoms with Crippen molar-refractivity contribution in [2.45, 2.75) is 33.1 Å². The molecule has 0 bridgehead atoms. The topological polar surface area (TPSA) is 51.0 Å². The Labute approximate surface area is 141 Å². The maximum absolute atomic E-state index is 5.56. The van der Waals surface area contributed by atoms with Gasteiger partial charge in [-0.1, -0.05) is 20.3 Å². The Morgan fingerprint density at radius 1 is 1.25 bits per heavy atom. The molecule has 2 aromatic heterocycles. The molecule has 0 aliphatic heterocycles. The summed E-state index contributed by atoms with van der Waals surface area (Å²) in [6.07, 6.45) is 3.06. The van der Waals surface area contributed by atoms with Crippen LogP contribution in [0.25, 0.3) is 11.6 Å². The molecule has 1 N–H and O–H groups in total. The monoisotopic (exact) mass is 449 g/mol. The second-order valence-electron chi connectivity index (χ2n) is 4.44. The lowest BCUT2D eigenvalue weighted by Crippen LogP contribution is -2.09. The second kappa shape index (κ2) is 7.40. The van der Waals surface area contributed by atoms with Gasteiger partial charge in [0.2, 0.25) is 0 Å². The molecule has 6 heteroatoms. The molecule has 0 aliphatic rings. The van der Waals surface area contributed by atoms with Crippen LogP contribution in [0.15, 0.2) is 21.2 Å². The van der Waals surface area contributed by atoms with E-state index < -0.39 is 0 Å². The zero-order valence-electron chi connectivity index (χ0n) is 11.5. The first kappa shape index (κ1) is 15.8. The fourth-order valence-corrected chi connectivity index (χ4v) is 2.81. The molecule has 0 aromatic carbocycles. The number of nitrogens with one attached hydrogen (secondary N) is 1. The van der Waals surface area contributed by atoms with Crippen molar-refractivity contribution in [3.05, 3.63) is 26.1 Å². The minimum atomic E-state index is 0.637. The van der Waals surface area contributed by atoms with Crippen molar-refractivity contribution in [1.82, 2.24) is 9.97 Å². The van der Waals surface area contributed by atoms with Crippen LogP contribution < -0.4 is 5.32 Å². The Bertz CT molecular complexity index is 586. The van der Waals surface area contributed by atoms with Gasteiger partial charge in [-0.3, -0.25) is 0 Å². The fourth-order valence-electron chi connectivity index (χ4n) is 1.80. The first-order valence-electron chi connectivity index (χ1n) is 6.71. The molecule has 0 saturated heterocycles. The van der Waals surface area contributed by atoms with Gasteiger partial charge < -0.3 is 9.73 Å². The lowest BCUT2D eigenvalue weighted by atomic mass is 10.2. The van der Waals surface area contributed by atoms with Gasteiger partial charge in [0.15, 0.2) is 16.3 Å². The van der Waals surface area contributed by atoms with E-state index in [0.717, 1.165) is 40.9 Å². The van der Waals surface area contributed by atoms with Crippen molar-refractivity contribution in [1.29, 1.82) is 0 Å². The standard InChI is InChI=1S/C14H17BrIN3O/c1-3-5-9-12(16)14(17-8-4-2)19-13(18-9)10-6-7-11(15)20-10/h6-7H,3-5,8H2,1-2H3,(H,17,18,19). The third kappa shape index (κ3) is 3.72. The number of nitrogens with zero attached hydrogens (tertiary/aromatic N) is 2. The Morgan fingerprint density at radius 2 is 2.05 bits per heavy atom. The second-order valence-corrected chi connectivity index (χ2v) is 6.30. The highest BCUT2D eigenvalue weighted by molar-refractivity contribution is 14.1. The SMILES string of the molecule is CCCNc1nc(-c2ccc(Br)o2)nc(CCC)c1I. The van der Waals surface area contributed by atoms with Crippen LogP contribution in [0.2, 0.25) is 0 Å². The van der Waals surface area contributed by atoms with E-state index in [9.17, 15) is 0 Å². The van der Waals surface area contributed by atoms with Crippen molar-refractivity contribution in [3.63, 3.8) is 0 Å². The summed E-state index contributed by atoms with van der Waals surface area (Å²) in [5.41, 5.74) is 1.07. The van der Waals surface area contributed by atoms with Crippen LogP contribution in [0.1, 0.15) is 32.4 Å². The van der Waals surface area contributed by atoms with Crippen LogP contribution in [0.4, 0.5) is 5.82 Å². The third-order valence-electron chi connectivity index (χ3n) is 2.74. The zero-order valence-corrected chi connectivity index (χ0v) is 15.3. The van der Waals surface area contributed by atoms with Gasteiger partial charge >= 0.3 is 0 Å². The van der Waals surface area contributed by atoms with Gasteiger partial charge in [0.05, 0.1) is 9.26 Å². The molecule has 20 heavy (non-hydrogen) atoms. The van der Waals surface area contributed by atoms with Gasteiger partial charge in [0.1, 0.15) is 5.82 Å². The first-order valence-corrected chi connectivity index (χ1v) is 8.58. The van der Waals surface area contributed by atoms with Crippen LogP contribution in [-0.2, 0) is 6.42 Å². The smallest absolute Gasteiger partial charge is 0.197 e. The van der Waals surface area contributed by atoms with Crippen LogP contribution in [0.3, 0.4) is 0 Å². The predicted molar refractivity (Wildman–Crippen MR) is 92.9 cm³/mol. The largest absolute Gasteiger partial charge is 0.446 e. The number of anilines is 1. The van der Waals surface area contributed by atoms with E-state index in [1.807, 2.05) is 12.1 Å². The van der Waals surface area contributed by atoms with Crippen molar-refractivity contribution in [3.8, 4) is 11.6 Å². The van der Waals surface area contributed by atoms with Gasteiger partial charge in [-0.15, -0.1) is 0 Å². The van der Waals surface area contributed by atoms with Gasteiger partial charge in [-0.05, 0) is 63.5 Å². The van der Waals surface area contributed by atoms with Crippen LogP contribution in [0, 0.1) is 3.57 Å². The Kier molecular flexibility index (Phi) is 5.83. The lowest BCUT2D eigenvalue weighted by Gasteiger charge is -2.11. The molecule has 0 amide bonds. The number of aryl methyl sites for hydroxylation is 1. The number of hydrogen-bond donors (Lipinski definition) is 1. The maximum Gasteiger partial charge on any atom is 0.197 e. The van der Waals surface area contributed by atoms with Crippen LogP contribution in [0.5, 0.6) is 0 Å². The Morgan fingerprint density at radius 3 is 2.65 bits per heavy atom. The minimum Gasteiger partial charge on any atom is -0.446 e. The molecule has 0 aliphatic carbocycles. The van der Waals surface area contributed by atoms with Crippen LogP contribution >= 0.6 is 38.5 Å². The van der Waals surface area contributed by atoms with Crippen molar-refractivity contribution in [2.75, 3.05) is 11.9 Å². The molecule has 0 saturated carbocycles. The maximum atomic E-state index is 5.56. The summed E-state index contributed by atoms with van der Waals surface area (Å²) >= 11 is 5.63. The molecule has 2 heterocycles. The summed E-state index contributed by atoms with van der Waals surface area (Å²) in [6.45, 7) is 5.19. The van der Waals surface area contributed by atoms with E-state index in [1.165, 1.54) is 0 Å². The fraction of sp³-hybridized carbons (Fsp3) is 0.429. The molecule has 108 valence electrons. The lowest BCUT2D eigenvalue weighted by molar-refractivity contribution is 0.550. The molecule has 4 nitrogen and oxygen atoms in total. The molecule has 0 radical (unpaired) electrons. The molecule has 0 spiro atoms. The molecular formula is C14H17BrIN3O. The van der Waals surface area contributed by atoms with Crippen molar-refractivity contribution < 1.29 is 4.42 Å². The molecule has 0 unspecified atom stereocenters. The molecule has 0 fully saturated rings. The van der Waals surface area contributed by atoms with Crippen LogP contribution in [-0.4, -0.2) is 16.5 Å². The molecule has 0 atom stereocenters. The molecular weight excluding hydrogens is 433 g/mol. The Balaban J connectivity index is 2.43. The van der Waals surface area contributed by atoms with E-state index in [-0.39, 0.29) is 0 Å². The first-order chi connectivity index (χ1) is 9.65. The summed E-state index contributed by atoms with van der Waals surface area (Å²) in [5, 5.41) is 3.37. The van der Waals surface area contributed by atoms with Gasteiger partial charge in [-0.2, -0.15) is 0 Å². The zero-order chi connectivity index (χ0) is 14.5. The van der Waals surface area contributed by atoms with E-state index in [4.69, 9.17) is 4.42 Å². The van der Waals surface area contributed by atoms with Gasteiger partial charge in [0, 0.05) is 6.54 Å². The van der Waals surface area contributed by atoms with Gasteiger partial charge in [0.25, 0.3) is 0 Å². The average Bonchev–Trinajstić information content (AvgIpc) is 2.86. The number of halogens is 2. The summed E-state index contributed by atoms with van der Waals surface area (Å²) < 4.78 is 7.36. The summed E-state index contributed by atoms with van der Waals surface area (Å²) in [7, 11) is 0. The van der Waals surface area contributed by atoms with E-state index in [2.05, 4.69) is 67.7 Å². The van der Waals surface area contributed by atoms with Crippen molar-refractivity contribution >= 4 is 44.3 Å². The summed E-state index contributed by atoms with van der Waals surface area (Å²) in [5.74, 6) is 2.22. The van der Waals surface area contributed by atoms with Gasteiger partial charge in [-0.25, -0.2) is 9.97 Å². The highest BCUT2D eigenvalue weighted by Gasteiger charge is 2.14. The molecule has 2 rings (SSSR count). The normalized spacial score (nSPS) is 10.8. The quantitative estimate of drug-likeness (QED) is 0.638. The van der Waals surface area contributed by atoms with E-state index in [0.29, 0.717) is 16.3 Å². The average molecular weight is 450 g/mol. The number of rotatable bonds is 6. The Hall–Kier alpha value is -0.630. The predicted octanol–water partition coefficient (Wildman–Crippen LogP) is 4.88. The molecule has 2 aromatic rings. The summed E-state index contributed by atoms with van der Waals surface area (Å²) in [4.78, 5) is 9.23. The number of aromatic nitrogens is 2. The van der Waals surface area contributed by atoms with E-state index >= 15 is 0 Å². The van der Waals surface area contributed by atoms with E-state index in [1.54, 1.807) is 0 Å². The third-order valence-corrected chi connectivity index (χ3v) is 4.30. The van der Waals surface area contributed by atoms with Crippen molar-refractivity contribution in [2.24, 2.45) is 0 Å².